The van der Waals surface area contributed by atoms with Gasteiger partial charge in [-0.05, 0) is 62.5 Å². The molecule has 1 N–H and O–H groups in total. The lowest BCUT2D eigenvalue weighted by Gasteiger charge is -2.12. The second kappa shape index (κ2) is 5.99. The van der Waals surface area contributed by atoms with Crippen molar-refractivity contribution in [3.8, 4) is 0 Å². The summed E-state index contributed by atoms with van der Waals surface area (Å²) in [7, 11) is 0.509. The van der Waals surface area contributed by atoms with Gasteiger partial charge in [0, 0.05) is 11.9 Å². The summed E-state index contributed by atoms with van der Waals surface area (Å²) < 4.78 is 27.9. The van der Waals surface area contributed by atoms with E-state index in [1.807, 2.05) is 37.2 Å². The monoisotopic (exact) mass is 318 g/mol. The van der Waals surface area contributed by atoms with Gasteiger partial charge in [0.15, 0.2) is 0 Å². The summed E-state index contributed by atoms with van der Waals surface area (Å²) in [6.45, 7) is 1.33. The van der Waals surface area contributed by atoms with Crippen molar-refractivity contribution < 1.29 is 8.42 Å². The van der Waals surface area contributed by atoms with Gasteiger partial charge in [-0.3, -0.25) is 0 Å². The van der Waals surface area contributed by atoms with E-state index in [1.165, 1.54) is 11.1 Å². The fraction of sp³-hybridized carbons (Fsp3) is 0.412. The molecule has 0 saturated carbocycles. The van der Waals surface area contributed by atoms with Crippen LogP contribution in [0.1, 0.15) is 17.5 Å². The van der Waals surface area contributed by atoms with Gasteiger partial charge in [-0.15, -0.1) is 0 Å². The zero-order valence-electron chi connectivity index (χ0n) is 13.1. The minimum absolute atomic E-state index is 0.403. The number of sulfonamides is 1. The molecule has 0 atom stereocenters. The molecule has 3 rings (SSSR count). The zero-order valence-corrected chi connectivity index (χ0v) is 13.9. The Balaban J connectivity index is 1.90. The third-order valence-electron chi connectivity index (χ3n) is 4.20. The first-order valence-electron chi connectivity index (χ1n) is 7.67. The molecule has 2 aromatic carbocycles. The van der Waals surface area contributed by atoms with Gasteiger partial charge in [0.25, 0.3) is 0 Å². The Hall–Kier alpha value is -1.43. The van der Waals surface area contributed by atoms with Gasteiger partial charge in [-0.25, -0.2) is 13.1 Å². The van der Waals surface area contributed by atoms with Crippen LogP contribution in [-0.2, 0) is 22.9 Å². The Morgan fingerprint density at radius 3 is 2.55 bits per heavy atom. The molecule has 0 aromatic heterocycles. The molecule has 5 heteroatoms. The molecule has 0 aliphatic heterocycles. The third-order valence-corrected chi connectivity index (χ3v) is 5.72. The average molecular weight is 318 g/mol. The highest BCUT2D eigenvalue weighted by atomic mass is 32.2. The summed E-state index contributed by atoms with van der Waals surface area (Å²) in [6, 6.07) is 9.69. The van der Waals surface area contributed by atoms with Crippen LogP contribution in [0.3, 0.4) is 0 Å². The Morgan fingerprint density at radius 1 is 1.09 bits per heavy atom. The molecule has 0 bridgehead atoms. The summed E-state index contributed by atoms with van der Waals surface area (Å²) in [5.74, 6) is 0. The van der Waals surface area contributed by atoms with Crippen molar-refractivity contribution in [1.29, 1.82) is 0 Å². The molecule has 0 fully saturated rings. The number of nitrogens with zero attached hydrogens (tertiary/aromatic N) is 1. The van der Waals surface area contributed by atoms with Gasteiger partial charge in [0.05, 0.1) is 4.90 Å². The summed E-state index contributed by atoms with van der Waals surface area (Å²) >= 11 is 0. The molecule has 22 heavy (non-hydrogen) atoms. The number of hydrogen-bond donors (Lipinski definition) is 1. The maximum Gasteiger partial charge on any atom is 0.241 e. The predicted molar refractivity (Wildman–Crippen MR) is 89.7 cm³/mol. The van der Waals surface area contributed by atoms with Gasteiger partial charge >= 0.3 is 0 Å². The quantitative estimate of drug-likeness (QED) is 0.831. The molecule has 1 aliphatic carbocycles. The molecule has 0 radical (unpaired) electrons. The first-order valence-corrected chi connectivity index (χ1v) is 9.15. The highest BCUT2D eigenvalue weighted by Crippen LogP contribution is 2.34. The summed E-state index contributed by atoms with van der Waals surface area (Å²) in [5, 5.41) is 1.99. The third kappa shape index (κ3) is 2.89. The normalized spacial score (nSPS) is 14.1. The maximum absolute atomic E-state index is 12.6. The van der Waals surface area contributed by atoms with Crippen molar-refractivity contribution in [2.75, 3.05) is 27.2 Å². The van der Waals surface area contributed by atoms with Gasteiger partial charge in [0.2, 0.25) is 10.0 Å². The SMILES string of the molecule is CN(C)CCCNS(=O)(=O)c1ccc2c3c(cccc13)CC2. The predicted octanol–water partition coefficient (Wildman–Crippen LogP) is 2.17. The van der Waals surface area contributed by atoms with Gasteiger partial charge in [0.1, 0.15) is 0 Å². The molecule has 0 spiro atoms. The van der Waals surface area contributed by atoms with Crippen LogP contribution in [0.2, 0.25) is 0 Å². The lowest BCUT2D eigenvalue weighted by molar-refractivity contribution is 0.400. The largest absolute Gasteiger partial charge is 0.309 e. The molecule has 4 nitrogen and oxygen atoms in total. The lowest BCUT2D eigenvalue weighted by Crippen LogP contribution is -2.27. The smallest absolute Gasteiger partial charge is 0.241 e. The minimum Gasteiger partial charge on any atom is -0.309 e. The van der Waals surface area contributed by atoms with Crippen LogP contribution >= 0.6 is 0 Å². The van der Waals surface area contributed by atoms with Gasteiger partial charge < -0.3 is 4.90 Å². The highest BCUT2D eigenvalue weighted by Gasteiger charge is 2.21. The second-order valence-corrected chi connectivity index (χ2v) is 7.85. The van der Waals surface area contributed by atoms with Crippen molar-refractivity contribution >= 4 is 20.8 Å². The van der Waals surface area contributed by atoms with Crippen LogP contribution in [0.25, 0.3) is 10.8 Å². The van der Waals surface area contributed by atoms with Crippen LogP contribution in [0.4, 0.5) is 0 Å². The van der Waals surface area contributed by atoms with Crippen molar-refractivity contribution in [2.45, 2.75) is 24.2 Å². The molecule has 0 unspecified atom stereocenters. The first kappa shape index (κ1) is 15.5. The molecule has 0 heterocycles. The van der Waals surface area contributed by atoms with Gasteiger partial charge in [-0.1, -0.05) is 24.3 Å². The van der Waals surface area contributed by atoms with Crippen LogP contribution in [0.15, 0.2) is 35.2 Å². The van der Waals surface area contributed by atoms with Crippen LogP contribution in [0.5, 0.6) is 0 Å². The molecular formula is C17H22N2O2S. The average Bonchev–Trinajstić information content (AvgIpc) is 2.89. The van der Waals surface area contributed by atoms with E-state index in [2.05, 4.69) is 10.8 Å². The van der Waals surface area contributed by atoms with E-state index in [0.29, 0.717) is 11.4 Å². The molecule has 1 aliphatic rings. The molecule has 118 valence electrons. The standard InChI is InChI=1S/C17H22N2O2S/c1-19(2)12-4-11-18-22(20,21)16-10-9-14-8-7-13-5-3-6-15(16)17(13)14/h3,5-6,9-10,18H,4,7-8,11-12H2,1-2H3. The number of nitrogens with one attached hydrogen (secondary N) is 1. The van der Waals surface area contributed by atoms with Gasteiger partial charge in [-0.2, -0.15) is 0 Å². The van der Waals surface area contributed by atoms with Crippen LogP contribution in [0, 0.1) is 0 Å². The Kier molecular flexibility index (Phi) is 4.21. The fourth-order valence-electron chi connectivity index (χ4n) is 3.13. The summed E-state index contributed by atoms with van der Waals surface area (Å²) in [6.07, 6.45) is 2.81. The van der Waals surface area contributed by atoms with E-state index in [4.69, 9.17) is 0 Å². The van der Waals surface area contributed by atoms with E-state index in [1.54, 1.807) is 6.07 Å². The van der Waals surface area contributed by atoms with Crippen LogP contribution < -0.4 is 4.72 Å². The Morgan fingerprint density at radius 2 is 1.82 bits per heavy atom. The van der Waals surface area contributed by atoms with E-state index >= 15 is 0 Å². The summed E-state index contributed by atoms with van der Waals surface area (Å²) in [4.78, 5) is 2.45. The van der Waals surface area contributed by atoms with E-state index < -0.39 is 10.0 Å². The number of benzene rings is 2. The second-order valence-electron chi connectivity index (χ2n) is 6.12. The van der Waals surface area contributed by atoms with E-state index in [0.717, 1.165) is 36.6 Å². The zero-order chi connectivity index (χ0) is 15.7. The van der Waals surface area contributed by atoms with Crippen molar-refractivity contribution in [3.05, 3.63) is 41.5 Å². The maximum atomic E-state index is 12.6. The number of hydrogen-bond acceptors (Lipinski definition) is 3. The number of aryl methyl sites for hydroxylation is 2. The lowest BCUT2D eigenvalue weighted by atomic mass is 10.1. The van der Waals surface area contributed by atoms with E-state index in [-0.39, 0.29) is 0 Å². The topological polar surface area (TPSA) is 49.4 Å². The molecule has 2 aromatic rings. The van der Waals surface area contributed by atoms with Crippen LogP contribution in [-0.4, -0.2) is 40.5 Å². The highest BCUT2D eigenvalue weighted by molar-refractivity contribution is 7.89. The van der Waals surface area contributed by atoms with Crippen molar-refractivity contribution in [3.63, 3.8) is 0 Å². The first-order chi connectivity index (χ1) is 10.5. The summed E-state index contributed by atoms with van der Waals surface area (Å²) in [5.41, 5.74) is 2.52. The Bertz CT molecular complexity index is 787. The molecule has 0 saturated heterocycles. The molecule has 0 amide bonds. The van der Waals surface area contributed by atoms with Crippen molar-refractivity contribution in [1.82, 2.24) is 9.62 Å². The minimum atomic E-state index is -3.46. The molecular weight excluding hydrogens is 296 g/mol. The Labute approximate surface area is 132 Å². The van der Waals surface area contributed by atoms with E-state index in [9.17, 15) is 8.42 Å². The van der Waals surface area contributed by atoms with Crippen molar-refractivity contribution in [2.24, 2.45) is 0 Å². The fourth-order valence-corrected chi connectivity index (χ4v) is 4.41. The number of rotatable bonds is 6.